The fourth-order valence-corrected chi connectivity index (χ4v) is 4.50. The first-order valence-corrected chi connectivity index (χ1v) is 9.09. The number of ether oxygens (including phenoxy) is 1. The number of nitrogens with one attached hydrogen (secondary N) is 1. The zero-order valence-electron chi connectivity index (χ0n) is 11.8. The molecule has 1 saturated heterocycles. The van der Waals surface area contributed by atoms with Crippen LogP contribution in [0.25, 0.3) is 0 Å². The summed E-state index contributed by atoms with van der Waals surface area (Å²) < 4.78 is 45.8. The van der Waals surface area contributed by atoms with Gasteiger partial charge in [-0.3, -0.25) is 0 Å². The Labute approximate surface area is 124 Å². The van der Waals surface area contributed by atoms with Gasteiger partial charge in [0.15, 0.2) is 0 Å². The number of sulfonamides is 1. The van der Waals surface area contributed by atoms with Crippen LogP contribution in [0, 0.1) is 5.82 Å². The summed E-state index contributed by atoms with van der Waals surface area (Å²) in [6.07, 6.45) is 4.01. The summed E-state index contributed by atoms with van der Waals surface area (Å²) in [7, 11) is -3.36. The van der Waals surface area contributed by atoms with E-state index in [0.29, 0.717) is 12.8 Å². The highest BCUT2D eigenvalue weighted by Crippen LogP contribution is 2.32. The maximum Gasteiger partial charge on any atom is 0.212 e. The highest BCUT2D eigenvalue weighted by molar-refractivity contribution is 7.89. The molecule has 0 unspecified atom stereocenters. The van der Waals surface area contributed by atoms with Crippen LogP contribution in [0.1, 0.15) is 42.9 Å². The normalized spacial score (nSPS) is 25.2. The van der Waals surface area contributed by atoms with Crippen molar-refractivity contribution in [3.63, 3.8) is 0 Å². The third-order valence-electron chi connectivity index (χ3n) is 4.24. The van der Waals surface area contributed by atoms with E-state index < -0.39 is 10.0 Å². The topological polar surface area (TPSA) is 55.4 Å². The van der Waals surface area contributed by atoms with Crippen molar-refractivity contribution in [1.29, 1.82) is 0 Å². The third kappa shape index (κ3) is 3.62. The molecule has 6 heteroatoms. The first-order valence-electron chi connectivity index (χ1n) is 7.43. The second-order valence-electron chi connectivity index (χ2n) is 5.79. The molecule has 4 nitrogen and oxygen atoms in total. The van der Waals surface area contributed by atoms with Crippen molar-refractivity contribution < 1.29 is 17.5 Å². The van der Waals surface area contributed by atoms with Gasteiger partial charge in [0, 0.05) is 12.6 Å². The van der Waals surface area contributed by atoms with E-state index in [4.69, 9.17) is 4.74 Å². The lowest BCUT2D eigenvalue weighted by atomic mass is 10.1. The predicted molar refractivity (Wildman–Crippen MR) is 78.0 cm³/mol. The Hall–Kier alpha value is -0.980. The molecule has 21 heavy (non-hydrogen) atoms. The standard InChI is InChI=1S/C15H20FNO3S/c16-12-5-3-11-4-6-15(14(11)10-12)17-21(18,19)9-7-13-2-1-8-20-13/h3,5,10,13,15,17H,1-2,4,6-9H2/t13-,15-/m0/s1. The Morgan fingerprint density at radius 3 is 2.95 bits per heavy atom. The first-order chi connectivity index (χ1) is 10.0. The van der Waals surface area contributed by atoms with E-state index in [9.17, 15) is 12.8 Å². The van der Waals surface area contributed by atoms with E-state index in [2.05, 4.69) is 4.72 Å². The number of benzene rings is 1. The van der Waals surface area contributed by atoms with Gasteiger partial charge >= 0.3 is 0 Å². The molecule has 1 aliphatic carbocycles. The highest BCUT2D eigenvalue weighted by atomic mass is 32.2. The SMILES string of the molecule is O=S(=O)(CC[C@@H]1CCCO1)N[C@H]1CCc2ccc(F)cc21. The minimum Gasteiger partial charge on any atom is -0.378 e. The quantitative estimate of drug-likeness (QED) is 0.907. The summed E-state index contributed by atoms with van der Waals surface area (Å²) in [5.41, 5.74) is 1.80. The molecule has 0 amide bonds. The molecule has 1 N–H and O–H groups in total. The largest absolute Gasteiger partial charge is 0.378 e. The average Bonchev–Trinajstić information content (AvgIpc) is 3.07. The van der Waals surface area contributed by atoms with Crippen LogP contribution in [-0.4, -0.2) is 26.9 Å². The Morgan fingerprint density at radius 1 is 1.33 bits per heavy atom. The molecule has 3 rings (SSSR count). The molecule has 1 aromatic carbocycles. The van der Waals surface area contributed by atoms with Crippen LogP contribution in [0.4, 0.5) is 4.39 Å². The summed E-state index contributed by atoms with van der Waals surface area (Å²) in [4.78, 5) is 0. The smallest absolute Gasteiger partial charge is 0.212 e. The molecule has 1 aliphatic heterocycles. The van der Waals surface area contributed by atoms with Crippen LogP contribution >= 0.6 is 0 Å². The molecule has 2 aliphatic rings. The summed E-state index contributed by atoms with van der Waals surface area (Å²) in [5.74, 6) is -0.252. The zero-order chi connectivity index (χ0) is 14.9. The Morgan fingerprint density at radius 2 is 2.19 bits per heavy atom. The van der Waals surface area contributed by atoms with Crippen molar-refractivity contribution in [2.24, 2.45) is 0 Å². The molecule has 0 bridgehead atoms. The lowest BCUT2D eigenvalue weighted by Crippen LogP contribution is -2.31. The molecule has 1 heterocycles. The van der Waals surface area contributed by atoms with Gasteiger partial charge < -0.3 is 4.74 Å². The maximum atomic E-state index is 13.3. The van der Waals surface area contributed by atoms with Gasteiger partial charge in [0.25, 0.3) is 0 Å². The van der Waals surface area contributed by atoms with E-state index in [0.717, 1.165) is 37.0 Å². The number of hydrogen-bond donors (Lipinski definition) is 1. The number of aryl methyl sites for hydroxylation is 1. The van der Waals surface area contributed by atoms with Gasteiger partial charge in [-0.1, -0.05) is 6.07 Å². The first kappa shape index (κ1) is 14.9. The van der Waals surface area contributed by atoms with E-state index in [1.165, 1.54) is 12.1 Å². The minimum atomic E-state index is -3.36. The maximum absolute atomic E-state index is 13.3. The number of rotatable bonds is 5. The summed E-state index contributed by atoms with van der Waals surface area (Å²) in [5, 5.41) is 0. The molecule has 0 spiro atoms. The molecular weight excluding hydrogens is 293 g/mol. The van der Waals surface area contributed by atoms with Crippen molar-refractivity contribution in [2.45, 2.75) is 44.2 Å². The molecular formula is C15H20FNO3S. The number of fused-ring (bicyclic) bond motifs is 1. The molecule has 0 radical (unpaired) electrons. The highest BCUT2D eigenvalue weighted by Gasteiger charge is 2.27. The van der Waals surface area contributed by atoms with Crippen molar-refractivity contribution >= 4 is 10.0 Å². The molecule has 1 fully saturated rings. The molecule has 2 atom stereocenters. The predicted octanol–water partition coefficient (Wildman–Crippen LogP) is 2.30. The van der Waals surface area contributed by atoms with Gasteiger partial charge in [-0.25, -0.2) is 17.5 Å². The van der Waals surface area contributed by atoms with Crippen molar-refractivity contribution in [3.8, 4) is 0 Å². The second kappa shape index (κ2) is 6.02. The molecule has 0 saturated carbocycles. The summed E-state index contributed by atoms with van der Waals surface area (Å²) in [6.45, 7) is 0.730. The van der Waals surface area contributed by atoms with Crippen LogP contribution in [0.2, 0.25) is 0 Å². The lowest BCUT2D eigenvalue weighted by Gasteiger charge is -2.16. The summed E-state index contributed by atoms with van der Waals surface area (Å²) in [6, 6.07) is 4.30. The van der Waals surface area contributed by atoms with E-state index in [1.54, 1.807) is 6.07 Å². The van der Waals surface area contributed by atoms with E-state index in [1.807, 2.05) is 0 Å². The van der Waals surface area contributed by atoms with Crippen molar-refractivity contribution in [2.75, 3.05) is 12.4 Å². The minimum absolute atomic E-state index is 0.0647. The van der Waals surface area contributed by atoms with Gasteiger partial charge in [-0.2, -0.15) is 0 Å². The van der Waals surface area contributed by atoms with Crippen LogP contribution in [0.5, 0.6) is 0 Å². The van der Waals surface area contributed by atoms with Crippen molar-refractivity contribution in [1.82, 2.24) is 4.72 Å². The Bertz CT molecular complexity index is 611. The zero-order valence-corrected chi connectivity index (χ0v) is 12.7. The van der Waals surface area contributed by atoms with Crippen LogP contribution in [0.15, 0.2) is 18.2 Å². The molecule has 1 aromatic rings. The van der Waals surface area contributed by atoms with Gasteiger partial charge in [-0.15, -0.1) is 0 Å². The van der Waals surface area contributed by atoms with Gasteiger partial charge in [-0.05, 0) is 55.4 Å². The third-order valence-corrected chi connectivity index (χ3v) is 5.66. The lowest BCUT2D eigenvalue weighted by molar-refractivity contribution is 0.108. The van der Waals surface area contributed by atoms with E-state index in [-0.39, 0.29) is 23.7 Å². The molecule has 116 valence electrons. The fraction of sp³-hybridized carbons (Fsp3) is 0.600. The monoisotopic (exact) mass is 313 g/mol. The van der Waals surface area contributed by atoms with E-state index >= 15 is 0 Å². The van der Waals surface area contributed by atoms with Crippen molar-refractivity contribution in [3.05, 3.63) is 35.1 Å². The Kier molecular flexibility index (Phi) is 4.28. The van der Waals surface area contributed by atoms with Crippen LogP contribution < -0.4 is 4.72 Å². The van der Waals surface area contributed by atoms with Gasteiger partial charge in [0.05, 0.1) is 11.9 Å². The Balaban J connectivity index is 1.62. The van der Waals surface area contributed by atoms with Crippen LogP contribution in [0.3, 0.4) is 0 Å². The fourth-order valence-electron chi connectivity index (χ4n) is 3.13. The second-order valence-corrected chi connectivity index (χ2v) is 7.67. The number of halogens is 1. The molecule has 0 aromatic heterocycles. The number of hydrogen-bond acceptors (Lipinski definition) is 3. The summed E-state index contributed by atoms with van der Waals surface area (Å²) >= 11 is 0. The van der Waals surface area contributed by atoms with Gasteiger partial charge in [0.1, 0.15) is 5.82 Å². The van der Waals surface area contributed by atoms with Crippen LogP contribution in [-0.2, 0) is 21.2 Å². The van der Waals surface area contributed by atoms with Gasteiger partial charge in [0.2, 0.25) is 10.0 Å². The average molecular weight is 313 g/mol.